The fourth-order valence-electron chi connectivity index (χ4n) is 4.13. The predicted molar refractivity (Wildman–Crippen MR) is 103 cm³/mol. The summed E-state index contributed by atoms with van der Waals surface area (Å²) in [6.45, 7) is 2.05. The largest absolute Gasteiger partial charge is 0.479 e. The van der Waals surface area contributed by atoms with Gasteiger partial charge >= 0.3 is 12.1 Å². The molecule has 6 heteroatoms. The van der Waals surface area contributed by atoms with Gasteiger partial charge in [0.1, 0.15) is 6.61 Å². The SMILES string of the molecule is C[C@H](NC(=O)OCC1c2ccccc2-c2ccccc21)[C@@H]1CC[C@H](C(=O)O)O1. The standard InChI is InChI=1S/C22H23NO5/c1-13(19-10-11-20(28-19)21(24)25)23-22(26)27-12-18-16-8-4-2-6-14(16)15-7-3-5-9-17(15)18/h2-9,13,18-20H,10-12H2,1H3,(H,23,26)(H,24,25)/t13-,19-,20+/m0/s1. The summed E-state index contributed by atoms with van der Waals surface area (Å²) in [7, 11) is 0. The van der Waals surface area contributed by atoms with E-state index in [0.717, 1.165) is 11.1 Å². The predicted octanol–water partition coefficient (Wildman–Crippen LogP) is 3.55. The van der Waals surface area contributed by atoms with Crippen molar-refractivity contribution >= 4 is 12.1 Å². The van der Waals surface area contributed by atoms with Crippen molar-refractivity contribution in [3.05, 3.63) is 59.7 Å². The minimum atomic E-state index is -0.962. The number of carboxylic acid groups (broad SMARTS) is 1. The Morgan fingerprint density at radius 2 is 1.71 bits per heavy atom. The minimum Gasteiger partial charge on any atom is -0.479 e. The van der Waals surface area contributed by atoms with Crippen LogP contribution in [0.25, 0.3) is 11.1 Å². The topological polar surface area (TPSA) is 84.9 Å². The first-order valence-electron chi connectivity index (χ1n) is 9.54. The van der Waals surface area contributed by atoms with Crippen LogP contribution in [-0.2, 0) is 14.3 Å². The lowest BCUT2D eigenvalue weighted by Crippen LogP contribution is -2.42. The molecule has 4 rings (SSSR count). The van der Waals surface area contributed by atoms with E-state index in [2.05, 4.69) is 29.6 Å². The minimum absolute atomic E-state index is 0.00702. The van der Waals surface area contributed by atoms with Crippen molar-refractivity contribution in [3.8, 4) is 11.1 Å². The van der Waals surface area contributed by atoms with E-state index >= 15 is 0 Å². The fraction of sp³-hybridized carbons (Fsp3) is 0.364. The third-order valence-corrected chi connectivity index (χ3v) is 5.57. The van der Waals surface area contributed by atoms with Gasteiger partial charge in [0.05, 0.1) is 12.1 Å². The summed E-state index contributed by atoms with van der Waals surface area (Å²) in [5.74, 6) is -0.955. The summed E-state index contributed by atoms with van der Waals surface area (Å²) in [5.41, 5.74) is 4.68. The summed E-state index contributed by atoms with van der Waals surface area (Å²) in [6.07, 6.45) is -0.575. The van der Waals surface area contributed by atoms with Crippen molar-refractivity contribution in [1.82, 2.24) is 5.32 Å². The first-order valence-corrected chi connectivity index (χ1v) is 9.54. The molecule has 1 fully saturated rings. The highest BCUT2D eigenvalue weighted by Gasteiger charge is 2.34. The molecule has 0 aromatic heterocycles. The fourth-order valence-corrected chi connectivity index (χ4v) is 4.13. The number of carbonyl (C=O) groups is 2. The number of benzene rings is 2. The highest BCUT2D eigenvalue weighted by molar-refractivity contribution is 5.79. The summed E-state index contributed by atoms with van der Waals surface area (Å²) < 4.78 is 11.0. The normalized spacial score (nSPS) is 21.6. The lowest BCUT2D eigenvalue weighted by atomic mass is 9.98. The molecule has 0 radical (unpaired) electrons. The van der Waals surface area contributed by atoms with Gasteiger partial charge in [0.25, 0.3) is 0 Å². The van der Waals surface area contributed by atoms with Gasteiger partial charge < -0.3 is 19.9 Å². The van der Waals surface area contributed by atoms with Crippen LogP contribution in [0.2, 0.25) is 0 Å². The van der Waals surface area contributed by atoms with Crippen molar-refractivity contribution in [1.29, 1.82) is 0 Å². The molecule has 6 nitrogen and oxygen atoms in total. The molecule has 1 aliphatic carbocycles. The van der Waals surface area contributed by atoms with Crippen LogP contribution in [0.1, 0.15) is 36.8 Å². The molecule has 1 heterocycles. The second-order valence-corrected chi connectivity index (χ2v) is 7.34. The number of carbonyl (C=O) groups excluding carboxylic acids is 1. The summed E-state index contributed by atoms with van der Waals surface area (Å²) in [4.78, 5) is 23.3. The maximum Gasteiger partial charge on any atom is 0.407 e. The Bertz CT molecular complexity index is 851. The lowest BCUT2D eigenvalue weighted by molar-refractivity contribution is -0.149. The molecule has 1 amide bonds. The molecular formula is C22H23NO5. The highest BCUT2D eigenvalue weighted by Crippen LogP contribution is 2.44. The van der Waals surface area contributed by atoms with Crippen LogP contribution in [0.15, 0.2) is 48.5 Å². The summed E-state index contributed by atoms with van der Waals surface area (Å²) in [5, 5.41) is 11.8. The number of nitrogens with one attached hydrogen (secondary N) is 1. The number of fused-ring (bicyclic) bond motifs is 3. The first kappa shape index (κ1) is 18.5. The molecule has 1 saturated heterocycles. The second kappa shape index (κ2) is 7.64. The average molecular weight is 381 g/mol. The monoisotopic (exact) mass is 381 g/mol. The molecule has 28 heavy (non-hydrogen) atoms. The summed E-state index contributed by atoms with van der Waals surface area (Å²) in [6, 6.07) is 16.0. The highest BCUT2D eigenvalue weighted by atomic mass is 16.6. The Hall–Kier alpha value is -2.86. The van der Waals surface area contributed by atoms with Crippen LogP contribution in [0.5, 0.6) is 0 Å². The molecule has 146 valence electrons. The van der Waals surface area contributed by atoms with Crippen molar-refractivity contribution in [2.75, 3.05) is 6.61 Å². The lowest BCUT2D eigenvalue weighted by Gasteiger charge is -2.21. The maximum atomic E-state index is 12.3. The Kier molecular flexibility index (Phi) is 5.05. The zero-order valence-electron chi connectivity index (χ0n) is 15.6. The zero-order valence-corrected chi connectivity index (χ0v) is 15.6. The Morgan fingerprint density at radius 3 is 2.29 bits per heavy atom. The Morgan fingerprint density at radius 1 is 1.11 bits per heavy atom. The van der Waals surface area contributed by atoms with E-state index < -0.39 is 18.2 Å². The third kappa shape index (κ3) is 3.47. The molecule has 1 aliphatic heterocycles. The van der Waals surface area contributed by atoms with Crippen molar-refractivity contribution in [2.45, 2.75) is 43.9 Å². The molecule has 2 N–H and O–H groups in total. The number of carboxylic acids is 1. The van der Waals surface area contributed by atoms with Crippen LogP contribution in [0.3, 0.4) is 0 Å². The van der Waals surface area contributed by atoms with E-state index in [1.165, 1.54) is 11.1 Å². The van der Waals surface area contributed by atoms with Crippen molar-refractivity contribution in [2.24, 2.45) is 0 Å². The van der Waals surface area contributed by atoms with Gasteiger partial charge in [-0.2, -0.15) is 0 Å². The van der Waals surface area contributed by atoms with Gasteiger partial charge in [-0.3, -0.25) is 0 Å². The molecular weight excluding hydrogens is 358 g/mol. The smallest absolute Gasteiger partial charge is 0.407 e. The van der Waals surface area contributed by atoms with Gasteiger partial charge in [-0.05, 0) is 42.0 Å². The van der Waals surface area contributed by atoms with E-state index in [0.29, 0.717) is 12.8 Å². The summed E-state index contributed by atoms with van der Waals surface area (Å²) >= 11 is 0. The Labute approximate surface area is 163 Å². The van der Waals surface area contributed by atoms with Crippen LogP contribution in [0, 0.1) is 0 Å². The average Bonchev–Trinajstić information content (AvgIpc) is 3.30. The first-order chi connectivity index (χ1) is 13.5. The zero-order chi connectivity index (χ0) is 19.7. The van der Waals surface area contributed by atoms with Gasteiger partial charge in [-0.25, -0.2) is 9.59 Å². The number of hydrogen-bond acceptors (Lipinski definition) is 4. The quantitative estimate of drug-likeness (QED) is 0.827. The number of aliphatic carboxylic acids is 1. The number of ether oxygens (including phenoxy) is 2. The molecule has 0 saturated carbocycles. The van der Waals surface area contributed by atoms with E-state index in [4.69, 9.17) is 14.6 Å². The van der Waals surface area contributed by atoms with Crippen LogP contribution in [0.4, 0.5) is 4.79 Å². The molecule has 2 aliphatic rings. The second-order valence-electron chi connectivity index (χ2n) is 7.34. The van der Waals surface area contributed by atoms with Crippen molar-refractivity contribution < 1.29 is 24.2 Å². The van der Waals surface area contributed by atoms with Crippen LogP contribution < -0.4 is 5.32 Å². The molecule has 0 unspecified atom stereocenters. The van der Waals surface area contributed by atoms with Crippen LogP contribution >= 0.6 is 0 Å². The molecule has 0 bridgehead atoms. The number of alkyl carbamates (subject to hydrolysis) is 1. The van der Waals surface area contributed by atoms with Gasteiger partial charge in [0.15, 0.2) is 6.10 Å². The molecule has 2 aromatic carbocycles. The Balaban J connectivity index is 1.37. The van der Waals surface area contributed by atoms with Gasteiger partial charge in [-0.15, -0.1) is 0 Å². The number of hydrogen-bond donors (Lipinski definition) is 2. The van der Waals surface area contributed by atoms with E-state index in [1.54, 1.807) is 6.92 Å². The van der Waals surface area contributed by atoms with Gasteiger partial charge in [0.2, 0.25) is 0 Å². The third-order valence-electron chi connectivity index (χ3n) is 5.57. The van der Waals surface area contributed by atoms with Gasteiger partial charge in [-0.1, -0.05) is 48.5 Å². The van der Waals surface area contributed by atoms with Crippen LogP contribution in [-0.4, -0.2) is 42.0 Å². The van der Waals surface area contributed by atoms with Gasteiger partial charge in [0, 0.05) is 5.92 Å². The molecule has 3 atom stereocenters. The van der Waals surface area contributed by atoms with Crippen molar-refractivity contribution in [3.63, 3.8) is 0 Å². The maximum absolute atomic E-state index is 12.3. The number of amides is 1. The molecule has 2 aromatic rings. The van der Waals surface area contributed by atoms with E-state index in [-0.39, 0.29) is 24.7 Å². The molecule has 0 spiro atoms. The van der Waals surface area contributed by atoms with E-state index in [9.17, 15) is 9.59 Å². The van der Waals surface area contributed by atoms with E-state index in [1.807, 2.05) is 24.3 Å². The number of rotatable bonds is 5.